The van der Waals surface area contributed by atoms with E-state index < -0.39 is 46.2 Å². The van der Waals surface area contributed by atoms with E-state index in [4.69, 9.17) is 16.7 Å². The fourth-order valence-corrected chi connectivity index (χ4v) is 1.29. The van der Waals surface area contributed by atoms with Crippen molar-refractivity contribution >= 4 is 23.5 Å². The van der Waals surface area contributed by atoms with Crippen molar-refractivity contribution in [2.45, 2.75) is 12.5 Å². The van der Waals surface area contributed by atoms with Crippen molar-refractivity contribution < 1.29 is 28.6 Å². The van der Waals surface area contributed by atoms with E-state index in [1.807, 2.05) is 5.32 Å². The van der Waals surface area contributed by atoms with E-state index in [2.05, 4.69) is 0 Å². The molecule has 0 saturated heterocycles. The zero-order valence-electron chi connectivity index (χ0n) is 9.71. The summed E-state index contributed by atoms with van der Waals surface area (Å²) in [4.78, 5) is 22.2. The van der Waals surface area contributed by atoms with Crippen LogP contribution in [-0.2, 0) is 4.79 Å². The molecule has 1 rings (SSSR count). The van der Waals surface area contributed by atoms with Crippen LogP contribution in [0.2, 0.25) is 5.02 Å². The lowest BCUT2D eigenvalue weighted by Gasteiger charge is -2.18. The Labute approximate surface area is 111 Å². The molecule has 0 spiro atoms. The number of nitrogens with one attached hydrogen (secondary N) is 1. The van der Waals surface area contributed by atoms with Gasteiger partial charge < -0.3 is 15.5 Å². The van der Waals surface area contributed by atoms with Gasteiger partial charge in [0.2, 0.25) is 0 Å². The number of carboxylic acid groups (broad SMARTS) is 1. The van der Waals surface area contributed by atoms with Crippen LogP contribution < -0.4 is 5.32 Å². The van der Waals surface area contributed by atoms with Crippen LogP contribution in [0.4, 0.5) is 8.78 Å². The third-order valence-electron chi connectivity index (χ3n) is 2.33. The Hall–Kier alpha value is -1.73. The van der Waals surface area contributed by atoms with Gasteiger partial charge in [0.05, 0.1) is 12.1 Å². The fraction of sp³-hybridized carbons (Fsp3) is 0.273. The molecule has 1 amide bonds. The Kier molecular flexibility index (Phi) is 4.43. The molecule has 0 saturated carbocycles. The summed E-state index contributed by atoms with van der Waals surface area (Å²) in [6.07, 6.45) is 0. The first-order valence-corrected chi connectivity index (χ1v) is 5.42. The van der Waals surface area contributed by atoms with Crippen molar-refractivity contribution in [3.05, 3.63) is 34.4 Å². The molecule has 0 aliphatic carbocycles. The van der Waals surface area contributed by atoms with Crippen LogP contribution in [0.25, 0.3) is 0 Å². The SMILES string of the molecule is CC(O)(CNC(=O)c1ccc(F)c(Cl)c1F)C(=O)O. The highest BCUT2D eigenvalue weighted by atomic mass is 35.5. The van der Waals surface area contributed by atoms with Crippen molar-refractivity contribution in [3.63, 3.8) is 0 Å². The molecule has 0 heterocycles. The first-order valence-electron chi connectivity index (χ1n) is 5.04. The van der Waals surface area contributed by atoms with E-state index in [9.17, 15) is 23.5 Å². The van der Waals surface area contributed by atoms with Crippen LogP contribution in [0.1, 0.15) is 17.3 Å². The summed E-state index contributed by atoms with van der Waals surface area (Å²) in [7, 11) is 0. The van der Waals surface area contributed by atoms with Gasteiger partial charge in [0.25, 0.3) is 5.91 Å². The van der Waals surface area contributed by atoms with Gasteiger partial charge in [-0.3, -0.25) is 4.79 Å². The van der Waals surface area contributed by atoms with Gasteiger partial charge in [-0.2, -0.15) is 0 Å². The first-order chi connectivity index (χ1) is 8.66. The summed E-state index contributed by atoms with van der Waals surface area (Å²) >= 11 is 5.29. The topological polar surface area (TPSA) is 86.6 Å². The van der Waals surface area contributed by atoms with Gasteiger partial charge in [0.1, 0.15) is 10.8 Å². The Balaban J connectivity index is 2.86. The molecule has 1 atom stereocenters. The maximum Gasteiger partial charge on any atom is 0.337 e. The smallest absolute Gasteiger partial charge is 0.337 e. The second kappa shape index (κ2) is 5.50. The van der Waals surface area contributed by atoms with E-state index in [1.165, 1.54) is 0 Å². The molecule has 1 unspecified atom stereocenters. The van der Waals surface area contributed by atoms with Crippen molar-refractivity contribution in [2.24, 2.45) is 0 Å². The number of amides is 1. The molecule has 0 bridgehead atoms. The van der Waals surface area contributed by atoms with E-state index in [-0.39, 0.29) is 0 Å². The molecule has 0 radical (unpaired) electrons. The minimum atomic E-state index is -2.20. The maximum atomic E-state index is 13.5. The molecule has 0 aliphatic heterocycles. The number of aliphatic carboxylic acids is 1. The molecule has 5 nitrogen and oxygen atoms in total. The highest BCUT2D eigenvalue weighted by Crippen LogP contribution is 2.21. The summed E-state index contributed by atoms with van der Waals surface area (Å²) in [6, 6.07) is 1.66. The van der Waals surface area contributed by atoms with Crippen molar-refractivity contribution in [3.8, 4) is 0 Å². The van der Waals surface area contributed by atoms with Gasteiger partial charge in [-0.15, -0.1) is 0 Å². The number of carboxylic acids is 1. The summed E-state index contributed by atoms with van der Waals surface area (Å²) in [6.45, 7) is 0.319. The average Bonchev–Trinajstić information content (AvgIpc) is 2.33. The van der Waals surface area contributed by atoms with Crippen LogP contribution in [0, 0.1) is 11.6 Å². The van der Waals surface area contributed by atoms with E-state index >= 15 is 0 Å². The van der Waals surface area contributed by atoms with Gasteiger partial charge in [-0.25, -0.2) is 13.6 Å². The van der Waals surface area contributed by atoms with Crippen molar-refractivity contribution in [1.29, 1.82) is 0 Å². The maximum absolute atomic E-state index is 13.5. The largest absolute Gasteiger partial charge is 0.479 e. The molecule has 0 fully saturated rings. The zero-order valence-corrected chi connectivity index (χ0v) is 10.5. The van der Waals surface area contributed by atoms with Gasteiger partial charge in [0, 0.05) is 0 Å². The highest BCUT2D eigenvalue weighted by Gasteiger charge is 2.30. The summed E-state index contributed by atoms with van der Waals surface area (Å²) < 4.78 is 26.4. The Morgan fingerprint density at radius 2 is 2.00 bits per heavy atom. The number of aliphatic hydroxyl groups is 1. The zero-order chi connectivity index (χ0) is 14.8. The third kappa shape index (κ3) is 3.39. The molecule has 1 aromatic carbocycles. The lowest BCUT2D eigenvalue weighted by atomic mass is 10.1. The molecule has 104 valence electrons. The number of rotatable bonds is 4. The minimum absolute atomic E-state index is 0.549. The quantitative estimate of drug-likeness (QED) is 0.728. The predicted octanol–water partition coefficient (Wildman–Crippen LogP) is 1.18. The minimum Gasteiger partial charge on any atom is -0.479 e. The number of carbonyl (C=O) groups is 2. The van der Waals surface area contributed by atoms with Crippen molar-refractivity contribution in [2.75, 3.05) is 6.54 Å². The number of carbonyl (C=O) groups excluding carboxylic acids is 1. The van der Waals surface area contributed by atoms with Crippen molar-refractivity contribution in [1.82, 2.24) is 5.32 Å². The molecule has 0 aromatic heterocycles. The van der Waals surface area contributed by atoms with Crippen LogP contribution >= 0.6 is 11.6 Å². The number of halogens is 3. The second-order valence-corrected chi connectivity index (χ2v) is 4.36. The Bertz CT molecular complexity index is 534. The predicted molar refractivity (Wildman–Crippen MR) is 62.0 cm³/mol. The molecule has 0 aliphatic rings. The third-order valence-corrected chi connectivity index (χ3v) is 2.68. The number of benzene rings is 1. The summed E-state index contributed by atoms with van der Waals surface area (Å²) in [5.74, 6) is -4.84. The van der Waals surface area contributed by atoms with Gasteiger partial charge in [0.15, 0.2) is 11.4 Å². The second-order valence-electron chi connectivity index (χ2n) is 3.98. The normalized spacial score (nSPS) is 13.7. The standard InChI is InChI=1S/C11H10ClF2NO4/c1-11(19,10(17)18)4-15-9(16)5-2-3-6(13)7(12)8(5)14/h2-3,19H,4H2,1H3,(H,15,16)(H,17,18). The van der Waals surface area contributed by atoms with Crippen LogP contribution in [0.5, 0.6) is 0 Å². The molecule has 8 heteroatoms. The Morgan fingerprint density at radius 3 is 2.53 bits per heavy atom. The van der Waals surface area contributed by atoms with E-state index in [0.29, 0.717) is 0 Å². The molecule has 19 heavy (non-hydrogen) atoms. The van der Waals surface area contributed by atoms with Crippen LogP contribution in [-0.4, -0.2) is 34.2 Å². The van der Waals surface area contributed by atoms with E-state index in [0.717, 1.165) is 19.1 Å². The van der Waals surface area contributed by atoms with E-state index in [1.54, 1.807) is 0 Å². The summed E-state index contributed by atoms with van der Waals surface area (Å²) in [5.41, 5.74) is -2.75. The summed E-state index contributed by atoms with van der Waals surface area (Å²) in [5, 5.41) is 19.2. The van der Waals surface area contributed by atoms with Gasteiger partial charge in [-0.05, 0) is 19.1 Å². The lowest BCUT2D eigenvalue weighted by Crippen LogP contribution is -2.46. The number of hydrogen-bond acceptors (Lipinski definition) is 3. The van der Waals surface area contributed by atoms with Crippen LogP contribution in [0.15, 0.2) is 12.1 Å². The highest BCUT2D eigenvalue weighted by molar-refractivity contribution is 6.31. The average molecular weight is 294 g/mol. The van der Waals surface area contributed by atoms with Crippen LogP contribution in [0.3, 0.4) is 0 Å². The number of hydrogen-bond donors (Lipinski definition) is 3. The monoisotopic (exact) mass is 293 g/mol. The molecular weight excluding hydrogens is 284 g/mol. The lowest BCUT2D eigenvalue weighted by molar-refractivity contribution is -0.155. The molecule has 1 aromatic rings. The first kappa shape index (κ1) is 15.3. The Morgan fingerprint density at radius 1 is 1.42 bits per heavy atom. The molecule has 3 N–H and O–H groups in total. The van der Waals surface area contributed by atoms with Gasteiger partial charge >= 0.3 is 5.97 Å². The van der Waals surface area contributed by atoms with Gasteiger partial charge in [-0.1, -0.05) is 11.6 Å². The molecular formula is C11H10ClF2NO4. The fourth-order valence-electron chi connectivity index (χ4n) is 1.12.